The summed E-state index contributed by atoms with van der Waals surface area (Å²) >= 11 is 0. The highest BCUT2D eigenvalue weighted by Gasteiger charge is 2.15. The van der Waals surface area contributed by atoms with Gasteiger partial charge in [0.25, 0.3) is 5.91 Å². The SMILES string of the molecule is COc1ccc(NC(=O)C(C#N)=Cc2ccc(N3CCCCC3)o2)cc1. The van der Waals surface area contributed by atoms with Crippen molar-refractivity contribution in [1.29, 1.82) is 5.26 Å². The Balaban J connectivity index is 1.69. The molecular formula is C20H21N3O3. The zero-order valence-corrected chi connectivity index (χ0v) is 14.7. The van der Waals surface area contributed by atoms with E-state index in [-0.39, 0.29) is 5.57 Å². The van der Waals surface area contributed by atoms with Crippen LogP contribution in [0.2, 0.25) is 0 Å². The minimum absolute atomic E-state index is 0.0136. The minimum atomic E-state index is -0.478. The minimum Gasteiger partial charge on any atom is -0.497 e. The zero-order valence-electron chi connectivity index (χ0n) is 14.7. The second-order valence-electron chi connectivity index (χ2n) is 6.08. The molecule has 0 saturated carbocycles. The molecule has 6 heteroatoms. The lowest BCUT2D eigenvalue weighted by Crippen LogP contribution is -2.28. The molecule has 0 bridgehead atoms. The van der Waals surface area contributed by atoms with Gasteiger partial charge in [0.1, 0.15) is 23.2 Å². The quantitative estimate of drug-likeness (QED) is 0.654. The third-order valence-corrected chi connectivity index (χ3v) is 4.28. The molecule has 6 nitrogen and oxygen atoms in total. The van der Waals surface area contributed by atoms with Crippen LogP contribution in [0.3, 0.4) is 0 Å². The van der Waals surface area contributed by atoms with Crippen LogP contribution in [0.1, 0.15) is 25.0 Å². The van der Waals surface area contributed by atoms with Crippen molar-refractivity contribution in [2.75, 3.05) is 30.4 Å². The van der Waals surface area contributed by atoms with Gasteiger partial charge in [-0.15, -0.1) is 0 Å². The number of nitriles is 1. The van der Waals surface area contributed by atoms with Gasteiger partial charge in [-0.1, -0.05) is 0 Å². The third-order valence-electron chi connectivity index (χ3n) is 4.28. The number of furan rings is 1. The Morgan fingerprint density at radius 2 is 1.92 bits per heavy atom. The Morgan fingerprint density at radius 1 is 1.19 bits per heavy atom. The first kappa shape index (κ1) is 17.6. The fraction of sp³-hybridized carbons (Fsp3) is 0.300. The first-order valence-electron chi connectivity index (χ1n) is 8.61. The number of piperidine rings is 1. The molecule has 1 fully saturated rings. The van der Waals surface area contributed by atoms with Crippen LogP contribution in [0.15, 0.2) is 46.4 Å². The number of benzene rings is 1. The van der Waals surface area contributed by atoms with Crippen LogP contribution < -0.4 is 15.0 Å². The van der Waals surface area contributed by atoms with Gasteiger partial charge in [0.15, 0.2) is 5.88 Å². The summed E-state index contributed by atoms with van der Waals surface area (Å²) in [5.74, 6) is 1.49. The van der Waals surface area contributed by atoms with Gasteiger partial charge in [0, 0.05) is 30.9 Å². The van der Waals surface area contributed by atoms with Crippen molar-refractivity contribution in [2.45, 2.75) is 19.3 Å². The summed E-state index contributed by atoms with van der Waals surface area (Å²) in [5, 5.41) is 12.0. The number of hydrogen-bond donors (Lipinski definition) is 1. The second kappa shape index (κ2) is 8.26. The molecule has 1 N–H and O–H groups in total. The van der Waals surface area contributed by atoms with E-state index in [9.17, 15) is 10.1 Å². The number of hydrogen-bond acceptors (Lipinski definition) is 5. The van der Waals surface area contributed by atoms with E-state index in [2.05, 4.69) is 10.2 Å². The van der Waals surface area contributed by atoms with Crippen molar-refractivity contribution in [2.24, 2.45) is 0 Å². The van der Waals surface area contributed by atoms with Crippen molar-refractivity contribution < 1.29 is 13.9 Å². The van der Waals surface area contributed by atoms with E-state index < -0.39 is 5.91 Å². The van der Waals surface area contributed by atoms with E-state index in [1.807, 2.05) is 12.1 Å². The summed E-state index contributed by atoms with van der Waals surface area (Å²) in [6.07, 6.45) is 5.01. The number of anilines is 2. The molecule has 2 heterocycles. The van der Waals surface area contributed by atoms with Crippen molar-refractivity contribution in [3.63, 3.8) is 0 Å². The molecule has 26 heavy (non-hydrogen) atoms. The number of methoxy groups -OCH3 is 1. The standard InChI is InChI=1S/C20H21N3O3/c1-25-17-7-5-16(6-8-17)22-20(24)15(14-21)13-18-9-10-19(26-18)23-11-3-2-4-12-23/h5-10,13H,2-4,11-12H2,1H3,(H,22,24). The molecule has 0 radical (unpaired) electrons. The van der Waals surface area contributed by atoms with Gasteiger partial charge in [-0.2, -0.15) is 5.26 Å². The molecule has 134 valence electrons. The lowest BCUT2D eigenvalue weighted by atomic mass is 10.1. The molecule has 1 saturated heterocycles. The van der Waals surface area contributed by atoms with Gasteiger partial charge in [0.05, 0.1) is 7.11 Å². The monoisotopic (exact) mass is 351 g/mol. The fourth-order valence-electron chi connectivity index (χ4n) is 2.87. The van der Waals surface area contributed by atoms with Crippen LogP contribution >= 0.6 is 0 Å². The largest absolute Gasteiger partial charge is 0.497 e. The smallest absolute Gasteiger partial charge is 0.266 e. The highest BCUT2D eigenvalue weighted by Crippen LogP contribution is 2.24. The second-order valence-corrected chi connectivity index (χ2v) is 6.08. The molecule has 0 atom stereocenters. The van der Waals surface area contributed by atoms with Gasteiger partial charge in [-0.05, 0) is 49.6 Å². The van der Waals surface area contributed by atoms with E-state index in [0.29, 0.717) is 17.2 Å². The lowest BCUT2D eigenvalue weighted by Gasteiger charge is -2.25. The number of carbonyl (C=O) groups excluding carboxylic acids is 1. The number of nitrogens with one attached hydrogen (secondary N) is 1. The number of amides is 1. The van der Waals surface area contributed by atoms with Crippen LogP contribution in [0, 0.1) is 11.3 Å². The summed E-state index contributed by atoms with van der Waals surface area (Å²) in [5.41, 5.74) is 0.575. The predicted octanol–water partition coefficient (Wildman–Crippen LogP) is 3.82. The van der Waals surface area contributed by atoms with Gasteiger partial charge in [-0.25, -0.2) is 0 Å². The molecule has 1 amide bonds. The Hall–Kier alpha value is -3.20. The first-order chi connectivity index (χ1) is 12.7. The van der Waals surface area contributed by atoms with E-state index in [1.54, 1.807) is 37.4 Å². The van der Waals surface area contributed by atoms with Crippen LogP contribution in [-0.4, -0.2) is 26.1 Å². The average molecular weight is 351 g/mol. The molecule has 1 aromatic carbocycles. The van der Waals surface area contributed by atoms with Crippen LogP contribution in [-0.2, 0) is 4.79 Å². The van der Waals surface area contributed by atoms with Crippen LogP contribution in [0.5, 0.6) is 5.75 Å². The Morgan fingerprint density at radius 3 is 2.58 bits per heavy atom. The maximum Gasteiger partial charge on any atom is 0.266 e. The molecule has 2 aromatic rings. The third kappa shape index (κ3) is 4.25. The van der Waals surface area contributed by atoms with Crippen LogP contribution in [0.25, 0.3) is 6.08 Å². The first-order valence-corrected chi connectivity index (χ1v) is 8.61. The molecule has 1 aliphatic heterocycles. The molecule has 3 rings (SSSR count). The van der Waals surface area contributed by atoms with Gasteiger partial charge >= 0.3 is 0 Å². The van der Waals surface area contributed by atoms with Crippen molar-refractivity contribution in [1.82, 2.24) is 0 Å². The number of ether oxygens (including phenoxy) is 1. The topological polar surface area (TPSA) is 78.5 Å². The number of carbonyl (C=O) groups is 1. The highest BCUT2D eigenvalue weighted by molar-refractivity contribution is 6.09. The van der Waals surface area contributed by atoms with Gasteiger partial charge < -0.3 is 19.4 Å². The van der Waals surface area contributed by atoms with E-state index in [1.165, 1.54) is 12.5 Å². The fourth-order valence-corrected chi connectivity index (χ4v) is 2.87. The molecular weight excluding hydrogens is 330 g/mol. The molecule has 0 aliphatic carbocycles. The molecule has 1 aromatic heterocycles. The van der Waals surface area contributed by atoms with Crippen molar-refractivity contribution >= 4 is 23.6 Å². The normalized spacial score (nSPS) is 14.6. The Bertz CT molecular complexity index is 825. The number of rotatable bonds is 5. The molecule has 1 aliphatic rings. The molecule has 0 unspecified atom stereocenters. The summed E-state index contributed by atoms with van der Waals surface area (Å²) < 4.78 is 10.9. The number of nitrogens with zero attached hydrogens (tertiary/aromatic N) is 2. The van der Waals surface area contributed by atoms with E-state index in [4.69, 9.17) is 9.15 Å². The summed E-state index contributed by atoms with van der Waals surface area (Å²) in [6.45, 7) is 1.94. The van der Waals surface area contributed by atoms with Gasteiger partial charge in [0.2, 0.25) is 0 Å². The average Bonchev–Trinajstić information content (AvgIpc) is 3.16. The lowest BCUT2D eigenvalue weighted by molar-refractivity contribution is -0.112. The maximum atomic E-state index is 12.3. The van der Waals surface area contributed by atoms with Crippen molar-refractivity contribution in [3.8, 4) is 11.8 Å². The Labute approximate surface area is 152 Å². The van der Waals surface area contributed by atoms with Crippen molar-refractivity contribution in [3.05, 3.63) is 47.7 Å². The zero-order chi connectivity index (χ0) is 18.4. The summed E-state index contributed by atoms with van der Waals surface area (Å²) in [6, 6.07) is 12.5. The van der Waals surface area contributed by atoms with E-state index >= 15 is 0 Å². The highest BCUT2D eigenvalue weighted by atomic mass is 16.5. The van der Waals surface area contributed by atoms with E-state index in [0.717, 1.165) is 31.8 Å². The summed E-state index contributed by atoms with van der Waals surface area (Å²) in [4.78, 5) is 14.5. The van der Waals surface area contributed by atoms with Gasteiger partial charge in [-0.3, -0.25) is 4.79 Å². The predicted molar refractivity (Wildman–Crippen MR) is 100.0 cm³/mol. The maximum absolute atomic E-state index is 12.3. The molecule has 0 spiro atoms. The van der Waals surface area contributed by atoms with Crippen LogP contribution in [0.4, 0.5) is 11.6 Å². The summed E-state index contributed by atoms with van der Waals surface area (Å²) in [7, 11) is 1.58. The Kier molecular flexibility index (Phi) is 5.59.